The number of fused-ring (bicyclic) bond motifs is 10. The quantitative estimate of drug-likeness (QED) is 0.105. The number of hydrogen-bond acceptors (Lipinski definition) is 0. The first-order valence-electron chi connectivity index (χ1n) is 26.9. The summed E-state index contributed by atoms with van der Waals surface area (Å²) in [5, 5.41) is 23.3. The van der Waals surface area contributed by atoms with Crippen molar-refractivity contribution in [3.63, 3.8) is 0 Å². The summed E-state index contributed by atoms with van der Waals surface area (Å²) in [7, 11) is 0. The summed E-state index contributed by atoms with van der Waals surface area (Å²) < 4.78 is 0. The second-order valence-electron chi connectivity index (χ2n) is 21.1. The van der Waals surface area contributed by atoms with Crippen molar-refractivity contribution in [3.8, 4) is 59.2 Å². The summed E-state index contributed by atoms with van der Waals surface area (Å²) in [6, 6.07) is 87.3. The Hall–Kier alpha value is -11.3. The Kier molecular flexibility index (Phi) is 10.2. The zero-order valence-electron chi connectivity index (χ0n) is 43.1. The van der Waals surface area contributed by atoms with Gasteiger partial charge in [-0.25, -0.2) is 0 Å². The fourth-order valence-corrected chi connectivity index (χ4v) is 11.5. The van der Waals surface area contributed by atoms with Crippen LogP contribution < -0.4 is 0 Å². The van der Waals surface area contributed by atoms with E-state index in [9.17, 15) is 0 Å². The second-order valence-corrected chi connectivity index (χ2v) is 21.1. The molecule has 0 saturated heterocycles. The normalized spacial score (nSPS) is 11.8. The highest BCUT2D eigenvalue weighted by atomic mass is 14.1. The van der Waals surface area contributed by atoms with E-state index in [0.717, 1.165) is 109 Å². The SMILES string of the molecule is C1#Cc2ccc3cc4ccc(cc4cc3c2)C#Cc2ccc3cc4ccc(cc4cc3c2)C#Cc2ccc3cc4ccc(cc4cc3c2)C#Cc2ccc3cc4ccc(cc4cc3c2)C#Cc2ccc3cc4ccc1cc4cc3c2. The van der Waals surface area contributed by atoms with Crippen molar-refractivity contribution in [2.45, 2.75) is 0 Å². The fourth-order valence-electron chi connectivity index (χ4n) is 11.5. The van der Waals surface area contributed by atoms with Crippen LogP contribution in [0, 0.1) is 59.2 Å². The fraction of sp³-hybridized carbons (Fsp3) is 0. The van der Waals surface area contributed by atoms with Crippen LogP contribution in [0.25, 0.3) is 108 Å². The minimum Gasteiger partial charge on any atom is -0.0616 e. The summed E-state index contributed by atoms with van der Waals surface area (Å²) in [5.41, 5.74) is 9.72. The molecular formula is C80H40. The Morgan fingerprint density at radius 2 is 0.200 bits per heavy atom. The molecule has 1 aliphatic rings. The van der Waals surface area contributed by atoms with Crippen molar-refractivity contribution < 1.29 is 0 Å². The van der Waals surface area contributed by atoms with Gasteiger partial charge in [-0.1, -0.05) is 120 Å². The molecular weight excluding hydrogens is 961 g/mol. The molecule has 360 valence electrons. The van der Waals surface area contributed by atoms with E-state index in [2.05, 4.69) is 302 Å². The first kappa shape index (κ1) is 44.9. The van der Waals surface area contributed by atoms with E-state index in [1.54, 1.807) is 0 Å². The molecule has 20 bridgehead atoms. The number of benzene rings is 15. The molecule has 0 unspecified atom stereocenters. The molecule has 16 rings (SSSR count). The summed E-state index contributed by atoms with van der Waals surface area (Å²) >= 11 is 0. The zero-order valence-corrected chi connectivity index (χ0v) is 43.1. The lowest BCUT2D eigenvalue weighted by atomic mass is 9.99. The van der Waals surface area contributed by atoms with Crippen molar-refractivity contribution in [3.05, 3.63) is 298 Å². The molecule has 0 spiro atoms. The van der Waals surface area contributed by atoms with E-state index in [4.69, 9.17) is 0 Å². The van der Waals surface area contributed by atoms with Gasteiger partial charge in [0.1, 0.15) is 0 Å². The molecule has 0 fully saturated rings. The van der Waals surface area contributed by atoms with Crippen molar-refractivity contribution in [1.29, 1.82) is 0 Å². The van der Waals surface area contributed by atoms with Crippen LogP contribution in [0.4, 0.5) is 0 Å². The predicted octanol–water partition coefficient (Wildman–Crippen LogP) is 18.5. The summed E-state index contributed by atoms with van der Waals surface area (Å²) in [4.78, 5) is 0. The minimum atomic E-state index is 0.972. The second kappa shape index (κ2) is 18.2. The molecule has 0 aromatic heterocycles. The van der Waals surface area contributed by atoms with Gasteiger partial charge >= 0.3 is 0 Å². The van der Waals surface area contributed by atoms with Gasteiger partial charge in [0.15, 0.2) is 0 Å². The van der Waals surface area contributed by atoms with Crippen LogP contribution in [-0.4, -0.2) is 0 Å². The third-order valence-corrected chi connectivity index (χ3v) is 15.7. The van der Waals surface area contributed by atoms with Crippen molar-refractivity contribution >= 4 is 108 Å². The molecule has 0 heteroatoms. The van der Waals surface area contributed by atoms with Gasteiger partial charge in [0, 0.05) is 55.6 Å². The molecule has 0 N–H and O–H groups in total. The van der Waals surface area contributed by atoms with E-state index in [1.807, 2.05) is 0 Å². The monoisotopic (exact) mass is 1000 g/mol. The lowest BCUT2D eigenvalue weighted by Crippen LogP contribution is -1.83. The van der Waals surface area contributed by atoms with Gasteiger partial charge in [0.25, 0.3) is 0 Å². The average Bonchev–Trinajstić information content (AvgIpc) is 3.50. The van der Waals surface area contributed by atoms with E-state index >= 15 is 0 Å². The molecule has 80 heavy (non-hydrogen) atoms. The van der Waals surface area contributed by atoms with Crippen molar-refractivity contribution in [2.75, 3.05) is 0 Å². The summed E-state index contributed by atoms with van der Waals surface area (Å²) in [6.45, 7) is 0. The van der Waals surface area contributed by atoms with Crippen LogP contribution in [-0.2, 0) is 0 Å². The van der Waals surface area contributed by atoms with Gasteiger partial charge < -0.3 is 0 Å². The van der Waals surface area contributed by atoms with Crippen molar-refractivity contribution in [1.82, 2.24) is 0 Å². The highest BCUT2D eigenvalue weighted by Crippen LogP contribution is 2.31. The molecule has 15 aromatic rings. The summed E-state index contributed by atoms with van der Waals surface area (Å²) in [6.07, 6.45) is 0. The maximum Gasteiger partial charge on any atom is 0.0255 e. The predicted molar refractivity (Wildman–Crippen MR) is 337 cm³/mol. The van der Waals surface area contributed by atoms with Gasteiger partial charge in [-0.2, -0.15) is 0 Å². The maximum absolute atomic E-state index is 3.47. The van der Waals surface area contributed by atoms with Gasteiger partial charge in [0.05, 0.1) is 0 Å². The third kappa shape index (κ3) is 8.53. The average molecular weight is 1000 g/mol. The van der Waals surface area contributed by atoms with Gasteiger partial charge in [-0.15, -0.1) is 0 Å². The van der Waals surface area contributed by atoms with E-state index in [1.165, 1.54) is 53.9 Å². The molecule has 15 aromatic carbocycles. The molecule has 0 aliphatic heterocycles. The molecule has 0 radical (unpaired) electrons. The summed E-state index contributed by atoms with van der Waals surface area (Å²) in [5.74, 6) is 34.7. The number of hydrogen-bond donors (Lipinski definition) is 0. The smallest absolute Gasteiger partial charge is 0.0255 e. The zero-order chi connectivity index (χ0) is 52.7. The third-order valence-electron chi connectivity index (χ3n) is 15.7. The van der Waals surface area contributed by atoms with Crippen LogP contribution >= 0.6 is 0 Å². The molecule has 0 saturated carbocycles. The molecule has 0 nitrogen and oxygen atoms in total. The van der Waals surface area contributed by atoms with Crippen LogP contribution in [0.5, 0.6) is 0 Å². The van der Waals surface area contributed by atoms with Gasteiger partial charge in [-0.3, -0.25) is 0 Å². The topological polar surface area (TPSA) is 0 Å². The van der Waals surface area contributed by atoms with Crippen LogP contribution in [0.3, 0.4) is 0 Å². The molecule has 0 heterocycles. The molecule has 0 amide bonds. The first-order chi connectivity index (χ1) is 39.4. The van der Waals surface area contributed by atoms with E-state index in [-0.39, 0.29) is 0 Å². The molecule has 0 atom stereocenters. The van der Waals surface area contributed by atoms with Crippen LogP contribution in [0.15, 0.2) is 243 Å². The van der Waals surface area contributed by atoms with Crippen LogP contribution in [0.1, 0.15) is 55.6 Å². The number of rotatable bonds is 0. The highest BCUT2D eigenvalue weighted by Gasteiger charge is 2.08. The Morgan fingerprint density at radius 3 is 0.312 bits per heavy atom. The Bertz CT molecular complexity index is 4500. The minimum absolute atomic E-state index is 0.972. The molecule has 1 aliphatic carbocycles. The lowest BCUT2D eigenvalue weighted by molar-refractivity contribution is 1.66. The Balaban J connectivity index is 0.788. The van der Waals surface area contributed by atoms with Gasteiger partial charge in [0.2, 0.25) is 0 Å². The Labute approximate surface area is 462 Å². The van der Waals surface area contributed by atoms with Crippen LogP contribution in [0.2, 0.25) is 0 Å². The maximum atomic E-state index is 3.47. The first-order valence-corrected chi connectivity index (χ1v) is 26.9. The largest absolute Gasteiger partial charge is 0.0616 e. The lowest BCUT2D eigenvalue weighted by Gasteiger charge is -2.05. The standard InChI is InChI=1S/C80H40/c1-2-52-12-22-62-42-64-24-14-54(34-74(64)47-72(62)32-52)5-6-56-16-26-66-44-68-28-18-58(38-78(68)49-76(66)36-56)9-10-60-20-30-70-45-69-29-19-59(39-79(69)50-80(70)40-60)8-7-57-17-27-67-43-65-25-15-55(35-75(65)48-77(67)37-57)4-3-53-13-23-63-41-61-21-11-51(1)31-71(61)46-73(63)33-53/h11-50H. The van der Waals surface area contributed by atoms with Crippen molar-refractivity contribution in [2.24, 2.45) is 0 Å². The van der Waals surface area contributed by atoms with E-state index < -0.39 is 0 Å². The highest BCUT2D eigenvalue weighted by molar-refractivity contribution is 6.04. The Morgan fingerprint density at radius 1 is 0.100 bits per heavy atom. The van der Waals surface area contributed by atoms with E-state index in [0.29, 0.717) is 0 Å². The van der Waals surface area contributed by atoms with Gasteiger partial charge in [-0.05, 0) is 290 Å².